The second kappa shape index (κ2) is 5.96. The van der Waals surface area contributed by atoms with Crippen molar-refractivity contribution in [1.29, 1.82) is 0 Å². The van der Waals surface area contributed by atoms with E-state index in [0.717, 1.165) is 5.52 Å². The molecule has 0 aliphatic carbocycles. The minimum absolute atomic E-state index is 0.179. The van der Waals surface area contributed by atoms with Crippen molar-refractivity contribution in [2.24, 2.45) is 0 Å². The van der Waals surface area contributed by atoms with Crippen molar-refractivity contribution >= 4 is 11.5 Å². The van der Waals surface area contributed by atoms with E-state index >= 15 is 0 Å². The number of pyridine rings is 1. The van der Waals surface area contributed by atoms with Crippen molar-refractivity contribution < 1.29 is 18.7 Å². The molecule has 4 rings (SSSR count). The Balaban J connectivity index is 1.62. The van der Waals surface area contributed by atoms with Crippen LogP contribution in [0.1, 0.15) is 34.9 Å². The molecule has 3 heterocycles. The van der Waals surface area contributed by atoms with Crippen LogP contribution in [0.5, 0.6) is 5.75 Å². The van der Waals surface area contributed by atoms with Crippen LogP contribution >= 0.6 is 0 Å². The molecule has 0 bridgehead atoms. The monoisotopic (exact) mass is 326 g/mol. The van der Waals surface area contributed by atoms with Crippen LogP contribution < -0.4 is 4.74 Å². The first-order valence-electron chi connectivity index (χ1n) is 7.76. The zero-order valence-electron chi connectivity index (χ0n) is 12.8. The molecule has 1 aromatic carbocycles. The third-order valence-electron chi connectivity index (χ3n) is 4.09. The molecule has 0 radical (unpaired) electrons. The second-order valence-electron chi connectivity index (χ2n) is 5.69. The maximum absolute atomic E-state index is 13.9. The second-order valence-corrected chi connectivity index (χ2v) is 5.69. The molecule has 0 saturated heterocycles. The smallest absolute Gasteiger partial charge is 0.340 e. The molecular formula is C18H15FN2O3. The van der Waals surface area contributed by atoms with Gasteiger partial charge in [0.25, 0.3) is 0 Å². The molecule has 6 heteroatoms. The highest BCUT2D eigenvalue weighted by molar-refractivity contribution is 5.89. The summed E-state index contributed by atoms with van der Waals surface area (Å²) in [6, 6.07) is 8.17. The SMILES string of the molecule is O=C(O[C@@H]1CCCOc2c(F)cccc21)c1ccc2cncn2c1. The topological polar surface area (TPSA) is 52.8 Å². The summed E-state index contributed by atoms with van der Waals surface area (Å²) < 4.78 is 26.8. The van der Waals surface area contributed by atoms with Crippen LogP contribution in [0.15, 0.2) is 49.1 Å². The van der Waals surface area contributed by atoms with Gasteiger partial charge in [0.15, 0.2) is 11.6 Å². The molecule has 0 spiro atoms. The van der Waals surface area contributed by atoms with E-state index in [4.69, 9.17) is 9.47 Å². The lowest BCUT2D eigenvalue weighted by atomic mass is 10.0. The zero-order valence-corrected chi connectivity index (χ0v) is 12.8. The summed E-state index contributed by atoms with van der Waals surface area (Å²) in [6.45, 7) is 0.406. The maximum Gasteiger partial charge on any atom is 0.340 e. The fourth-order valence-corrected chi connectivity index (χ4v) is 2.89. The van der Waals surface area contributed by atoms with Crippen molar-refractivity contribution in [3.8, 4) is 5.75 Å². The van der Waals surface area contributed by atoms with E-state index in [9.17, 15) is 9.18 Å². The number of esters is 1. The van der Waals surface area contributed by atoms with Gasteiger partial charge in [-0.2, -0.15) is 0 Å². The standard InChI is InChI=1S/C18H15FN2O3/c19-15-4-1-3-14-16(5-2-8-23-17(14)15)24-18(22)12-6-7-13-9-20-11-21(13)10-12/h1,3-4,6-7,9-11,16H,2,5,8H2/t16-/m1/s1. The first-order valence-corrected chi connectivity index (χ1v) is 7.76. The Morgan fingerprint density at radius 2 is 2.25 bits per heavy atom. The number of aromatic nitrogens is 2. The van der Waals surface area contributed by atoms with Gasteiger partial charge in [-0.25, -0.2) is 14.2 Å². The molecule has 3 aromatic rings. The van der Waals surface area contributed by atoms with Crippen LogP contribution in [0, 0.1) is 5.82 Å². The Bertz CT molecular complexity index is 906. The number of benzene rings is 1. The molecule has 1 atom stereocenters. The van der Waals surface area contributed by atoms with Crippen molar-refractivity contribution in [2.45, 2.75) is 18.9 Å². The fourth-order valence-electron chi connectivity index (χ4n) is 2.89. The number of ether oxygens (including phenoxy) is 2. The van der Waals surface area contributed by atoms with Crippen LogP contribution in [0.2, 0.25) is 0 Å². The highest BCUT2D eigenvalue weighted by atomic mass is 19.1. The van der Waals surface area contributed by atoms with Gasteiger partial charge in [-0.05, 0) is 31.0 Å². The van der Waals surface area contributed by atoms with Crippen molar-refractivity contribution in [3.63, 3.8) is 0 Å². The molecule has 5 nitrogen and oxygen atoms in total. The zero-order chi connectivity index (χ0) is 16.5. The molecule has 1 aliphatic rings. The summed E-state index contributed by atoms with van der Waals surface area (Å²) in [4.78, 5) is 16.5. The first kappa shape index (κ1) is 14.7. The quantitative estimate of drug-likeness (QED) is 0.676. The molecule has 0 fully saturated rings. The molecular weight excluding hydrogens is 311 g/mol. The van der Waals surface area contributed by atoms with Crippen molar-refractivity contribution in [2.75, 3.05) is 6.61 Å². The lowest BCUT2D eigenvalue weighted by molar-refractivity contribution is 0.0277. The van der Waals surface area contributed by atoms with Gasteiger partial charge >= 0.3 is 5.97 Å². The summed E-state index contributed by atoms with van der Waals surface area (Å²) in [6.07, 6.45) is 5.75. The number of halogens is 1. The molecule has 0 amide bonds. The molecule has 2 aromatic heterocycles. The summed E-state index contributed by atoms with van der Waals surface area (Å²) in [7, 11) is 0. The minimum Gasteiger partial charge on any atom is -0.490 e. The number of rotatable bonds is 2. The van der Waals surface area contributed by atoms with E-state index in [-0.39, 0.29) is 5.75 Å². The Morgan fingerprint density at radius 3 is 3.17 bits per heavy atom. The summed E-state index contributed by atoms with van der Waals surface area (Å²) >= 11 is 0. The molecule has 0 saturated carbocycles. The third kappa shape index (κ3) is 2.60. The predicted octanol–water partition coefficient (Wildman–Crippen LogP) is 3.54. The van der Waals surface area contributed by atoms with Crippen LogP contribution in [0.3, 0.4) is 0 Å². The Morgan fingerprint density at radius 1 is 1.33 bits per heavy atom. The summed E-state index contributed by atoms with van der Waals surface area (Å²) in [5.74, 6) is -0.708. The van der Waals surface area contributed by atoms with Gasteiger partial charge in [0, 0.05) is 11.8 Å². The van der Waals surface area contributed by atoms with Gasteiger partial charge in [-0.3, -0.25) is 0 Å². The van der Waals surface area contributed by atoms with Gasteiger partial charge in [0.05, 0.1) is 30.2 Å². The highest BCUT2D eigenvalue weighted by Crippen LogP contribution is 2.36. The fraction of sp³-hybridized carbons (Fsp3) is 0.222. The van der Waals surface area contributed by atoms with Gasteiger partial charge in [-0.1, -0.05) is 12.1 Å². The molecule has 1 aliphatic heterocycles. The largest absolute Gasteiger partial charge is 0.490 e. The van der Waals surface area contributed by atoms with Gasteiger partial charge in [0.2, 0.25) is 0 Å². The Hall–Kier alpha value is -2.89. The van der Waals surface area contributed by atoms with Crippen molar-refractivity contribution in [1.82, 2.24) is 9.38 Å². The number of carbonyl (C=O) groups excluding carboxylic acids is 1. The molecule has 0 unspecified atom stereocenters. The van der Waals surface area contributed by atoms with Gasteiger partial charge < -0.3 is 13.9 Å². The van der Waals surface area contributed by atoms with E-state index < -0.39 is 17.9 Å². The van der Waals surface area contributed by atoms with Crippen LogP contribution in [-0.4, -0.2) is 22.0 Å². The van der Waals surface area contributed by atoms with Gasteiger partial charge in [-0.15, -0.1) is 0 Å². The minimum atomic E-state index is -0.524. The number of para-hydroxylation sites is 1. The van der Waals surface area contributed by atoms with Gasteiger partial charge in [0.1, 0.15) is 6.10 Å². The number of carbonyl (C=O) groups is 1. The molecule has 122 valence electrons. The number of hydrogen-bond donors (Lipinski definition) is 0. The summed E-state index contributed by atoms with van der Waals surface area (Å²) in [5.41, 5.74) is 1.88. The lowest BCUT2D eigenvalue weighted by Crippen LogP contribution is -2.12. The average Bonchev–Trinajstić information content (AvgIpc) is 2.96. The first-order chi connectivity index (χ1) is 11.7. The van der Waals surface area contributed by atoms with E-state index in [0.29, 0.717) is 30.6 Å². The normalized spacial score (nSPS) is 17.0. The van der Waals surface area contributed by atoms with E-state index in [1.54, 1.807) is 47.4 Å². The van der Waals surface area contributed by atoms with Crippen molar-refractivity contribution in [3.05, 3.63) is 66.0 Å². The highest BCUT2D eigenvalue weighted by Gasteiger charge is 2.26. The average molecular weight is 326 g/mol. The Kier molecular flexibility index (Phi) is 3.65. The van der Waals surface area contributed by atoms with Crippen LogP contribution in [0.25, 0.3) is 5.52 Å². The Labute approximate surface area is 137 Å². The lowest BCUT2D eigenvalue weighted by Gasteiger charge is -2.18. The summed E-state index contributed by atoms with van der Waals surface area (Å²) in [5, 5.41) is 0. The predicted molar refractivity (Wildman–Crippen MR) is 84.5 cm³/mol. The molecule has 24 heavy (non-hydrogen) atoms. The number of hydrogen-bond acceptors (Lipinski definition) is 4. The number of fused-ring (bicyclic) bond motifs is 2. The number of nitrogens with zero attached hydrogens (tertiary/aromatic N) is 2. The van der Waals surface area contributed by atoms with E-state index in [1.807, 2.05) is 0 Å². The van der Waals surface area contributed by atoms with Crippen LogP contribution in [-0.2, 0) is 4.74 Å². The molecule has 0 N–H and O–H groups in total. The van der Waals surface area contributed by atoms with Crippen LogP contribution in [0.4, 0.5) is 4.39 Å². The van der Waals surface area contributed by atoms with E-state index in [1.165, 1.54) is 6.07 Å². The van der Waals surface area contributed by atoms with E-state index in [2.05, 4.69) is 4.98 Å². The number of imidazole rings is 1. The third-order valence-corrected chi connectivity index (χ3v) is 4.09. The maximum atomic E-state index is 13.9.